The Labute approximate surface area is 190 Å². The summed E-state index contributed by atoms with van der Waals surface area (Å²) in [5.41, 5.74) is 0. The van der Waals surface area contributed by atoms with Gasteiger partial charge in [0.25, 0.3) is 0 Å². The molecule has 0 saturated heterocycles. The van der Waals surface area contributed by atoms with Crippen LogP contribution >= 0.6 is 11.6 Å². The van der Waals surface area contributed by atoms with Crippen molar-refractivity contribution in [2.75, 3.05) is 39.5 Å². The summed E-state index contributed by atoms with van der Waals surface area (Å²) in [4.78, 5) is 35.8. The number of likely N-dealkylation sites (N-methyl/N-ethyl adjacent to an activating group) is 1. The fraction of sp³-hybridized carbons (Fsp3) is 0.450. The van der Waals surface area contributed by atoms with Crippen molar-refractivity contribution in [2.45, 2.75) is 24.8 Å². The first-order chi connectivity index (χ1) is 14.4. The number of nitrogens with zero attached hydrogens (tertiary/aromatic N) is 2. The maximum absolute atomic E-state index is 12.3. The Morgan fingerprint density at radius 3 is 2.00 bits per heavy atom. The highest BCUT2D eigenvalue weighted by atomic mass is 35.5. The lowest BCUT2D eigenvalue weighted by Gasteiger charge is -2.27. The maximum Gasteiger partial charge on any atom is 0.328 e. The molecule has 0 aliphatic rings. The fourth-order valence-electron chi connectivity index (χ4n) is 2.11. The van der Waals surface area contributed by atoms with Gasteiger partial charge < -0.3 is 25.3 Å². The van der Waals surface area contributed by atoms with E-state index in [0.717, 1.165) is 11.4 Å². The molecule has 1 aromatic carbocycles. The number of urea groups is 1. The van der Waals surface area contributed by atoms with Gasteiger partial charge >= 0.3 is 18.0 Å². The zero-order valence-corrected chi connectivity index (χ0v) is 19.7. The predicted octanol–water partition coefficient (Wildman–Crippen LogP) is 2.14. The van der Waals surface area contributed by atoms with Crippen LogP contribution in [0.25, 0.3) is 0 Å². The van der Waals surface area contributed by atoms with Crippen molar-refractivity contribution in [3.63, 3.8) is 0 Å². The number of carbonyl (C=O) groups excluding carboxylic acids is 1. The molecule has 31 heavy (non-hydrogen) atoms. The number of carboxylic acids is 2. The van der Waals surface area contributed by atoms with E-state index in [4.69, 9.17) is 21.8 Å². The van der Waals surface area contributed by atoms with Gasteiger partial charge in [-0.3, -0.25) is 4.21 Å². The van der Waals surface area contributed by atoms with Crippen LogP contribution in [0, 0.1) is 0 Å². The number of aliphatic carboxylic acids is 2. The number of carbonyl (C=O) groups is 3. The minimum atomic E-state index is -1.26. The molecule has 0 aliphatic carbocycles. The molecule has 1 aromatic rings. The van der Waals surface area contributed by atoms with Gasteiger partial charge in [-0.25, -0.2) is 14.4 Å². The van der Waals surface area contributed by atoms with Crippen LogP contribution in [-0.2, 0) is 20.4 Å². The van der Waals surface area contributed by atoms with E-state index < -0.39 is 22.7 Å². The third-order valence-electron chi connectivity index (χ3n) is 3.68. The molecule has 1 atom stereocenters. The number of hydrogen-bond acceptors (Lipinski definition) is 5. The summed E-state index contributed by atoms with van der Waals surface area (Å²) in [6.45, 7) is 5.73. The average molecular weight is 476 g/mol. The standard InChI is InChI=1S/C16H26ClN3O2S.C4H4O4/c1-13(2)20(16(21)18-9-10-19(3)4)11-12-23(22)15-7-5-14(17)6-8-15;5-3(6)1-2-4(7)8/h5-8,13H,9-12H2,1-4H3,(H,18,21);1-2H,(H,5,6)(H,7,8). The van der Waals surface area contributed by atoms with Crippen LogP contribution in [-0.4, -0.2) is 87.7 Å². The van der Waals surface area contributed by atoms with Crippen LogP contribution in [0.3, 0.4) is 0 Å². The fourth-order valence-corrected chi connectivity index (χ4v) is 3.27. The van der Waals surface area contributed by atoms with Gasteiger partial charge in [-0.2, -0.15) is 0 Å². The molecule has 0 aliphatic heterocycles. The first kappa shape index (κ1) is 28.6. The summed E-state index contributed by atoms with van der Waals surface area (Å²) in [7, 11) is 2.77. The Balaban J connectivity index is 0.000000954. The molecule has 9 nitrogen and oxygen atoms in total. The second kappa shape index (κ2) is 15.4. The van der Waals surface area contributed by atoms with Crippen molar-refractivity contribution < 1.29 is 28.8 Å². The molecule has 2 amide bonds. The van der Waals surface area contributed by atoms with Crippen LogP contribution in [0.4, 0.5) is 4.79 Å². The van der Waals surface area contributed by atoms with E-state index in [9.17, 15) is 18.6 Å². The van der Waals surface area contributed by atoms with E-state index in [-0.39, 0.29) is 12.1 Å². The zero-order chi connectivity index (χ0) is 24.0. The van der Waals surface area contributed by atoms with E-state index >= 15 is 0 Å². The Morgan fingerprint density at radius 2 is 1.58 bits per heavy atom. The molecule has 1 unspecified atom stereocenters. The quantitative estimate of drug-likeness (QED) is 0.442. The molecule has 0 aromatic heterocycles. The number of nitrogens with one attached hydrogen (secondary N) is 1. The van der Waals surface area contributed by atoms with Gasteiger partial charge in [0.2, 0.25) is 0 Å². The van der Waals surface area contributed by atoms with E-state index in [1.807, 2.05) is 32.8 Å². The summed E-state index contributed by atoms with van der Waals surface area (Å²) in [5, 5.41) is 19.1. The van der Waals surface area contributed by atoms with Crippen molar-refractivity contribution >= 4 is 40.4 Å². The smallest absolute Gasteiger partial charge is 0.328 e. The van der Waals surface area contributed by atoms with Crippen molar-refractivity contribution in [2.24, 2.45) is 0 Å². The van der Waals surface area contributed by atoms with Crippen LogP contribution in [0.1, 0.15) is 13.8 Å². The van der Waals surface area contributed by atoms with E-state index in [1.165, 1.54) is 0 Å². The molecule has 0 fully saturated rings. The van der Waals surface area contributed by atoms with Gasteiger partial charge in [0, 0.05) is 53.5 Å². The topological polar surface area (TPSA) is 127 Å². The van der Waals surface area contributed by atoms with Gasteiger partial charge in [-0.15, -0.1) is 0 Å². The summed E-state index contributed by atoms with van der Waals surface area (Å²) in [6, 6.07) is 6.91. The average Bonchev–Trinajstić information content (AvgIpc) is 2.67. The number of amides is 2. The summed E-state index contributed by atoms with van der Waals surface area (Å²) in [5.74, 6) is -2.11. The van der Waals surface area contributed by atoms with Gasteiger partial charge in [0.15, 0.2) is 0 Å². The van der Waals surface area contributed by atoms with Crippen molar-refractivity contribution in [3.05, 3.63) is 41.4 Å². The van der Waals surface area contributed by atoms with Gasteiger partial charge in [-0.1, -0.05) is 11.6 Å². The molecular formula is C20H30ClN3O6S. The normalized spacial score (nSPS) is 11.7. The van der Waals surface area contributed by atoms with Crippen LogP contribution < -0.4 is 5.32 Å². The minimum absolute atomic E-state index is 0.0524. The Hall–Kier alpha value is -2.43. The number of hydrogen-bond donors (Lipinski definition) is 3. The van der Waals surface area contributed by atoms with Crippen LogP contribution in [0.15, 0.2) is 41.3 Å². The highest BCUT2D eigenvalue weighted by Crippen LogP contribution is 2.13. The maximum atomic E-state index is 12.3. The minimum Gasteiger partial charge on any atom is -0.478 e. The molecule has 11 heteroatoms. The molecule has 3 N–H and O–H groups in total. The first-order valence-electron chi connectivity index (χ1n) is 9.41. The lowest BCUT2D eigenvalue weighted by molar-refractivity contribution is -0.134. The summed E-state index contributed by atoms with van der Waals surface area (Å²) >= 11 is 5.83. The zero-order valence-electron chi connectivity index (χ0n) is 18.1. The van der Waals surface area contributed by atoms with Gasteiger partial charge in [0.05, 0.1) is 10.8 Å². The van der Waals surface area contributed by atoms with E-state index in [2.05, 4.69) is 5.32 Å². The van der Waals surface area contributed by atoms with Crippen LogP contribution in [0.5, 0.6) is 0 Å². The summed E-state index contributed by atoms with van der Waals surface area (Å²) in [6.07, 6.45) is 1.12. The van der Waals surface area contributed by atoms with Crippen molar-refractivity contribution in [1.29, 1.82) is 0 Å². The second-order valence-electron chi connectivity index (χ2n) is 6.84. The molecular weight excluding hydrogens is 446 g/mol. The molecule has 0 saturated carbocycles. The molecule has 0 spiro atoms. The van der Waals surface area contributed by atoms with E-state index in [1.54, 1.807) is 29.2 Å². The number of benzene rings is 1. The van der Waals surface area contributed by atoms with Gasteiger partial charge in [0.1, 0.15) is 0 Å². The lowest BCUT2D eigenvalue weighted by atomic mass is 10.3. The number of rotatable bonds is 10. The highest BCUT2D eigenvalue weighted by molar-refractivity contribution is 7.85. The lowest BCUT2D eigenvalue weighted by Crippen LogP contribution is -2.47. The summed E-state index contributed by atoms with van der Waals surface area (Å²) < 4.78 is 12.3. The Kier molecular flexibility index (Phi) is 14.2. The second-order valence-corrected chi connectivity index (χ2v) is 8.84. The first-order valence-corrected chi connectivity index (χ1v) is 11.1. The Morgan fingerprint density at radius 1 is 1.06 bits per heavy atom. The SMILES string of the molecule is CC(C)N(CCS(=O)c1ccc(Cl)cc1)C(=O)NCCN(C)C.O=C(O)C=CC(=O)O. The van der Waals surface area contributed by atoms with E-state index in [0.29, 0.717) is 36.0 Å². The van der Waals surface area contributed by atoms with Gasteiger partial charge in [-0.05, 0) is 52.2 Å². The van der Waals surface area contributed by atoms with Crippen molar-refractivity contribution in [1.82, 2.24) is 15.1 Å². The van der Waals surface area contributed by atoms with Crippen LogP contribution in [0.2, 0.25) is 5.02 Å². The molecule has 0 heterocycles. The monoisotopic (exact) mass is 475 g/mol. The number of halogens is 1. The molecule has 174 valence electrons. The predicted molar refractivity (Wildman–Crippen MR) is 121 cm³/mol. The third-order valence-corrected chi connectivity index (χ3v) is 5.29. The molecule has 0 radical (unpaired) electrons. The van der Waals surface area contributed by atoms with Crippen molar-refractivity contribution in [3.8, 4) is 0 Å². The number of carboxylic acid groups (broad SMARTS) is 2. The Bertz CT molecular complexity index is 753. The molecule has 1 rings (SSSR count). The molecule has 0 bridgehead atoms. The third kappa shape index (κ3) is 14.2. The highest BCUT2D eigenvalue weighted by Gasteiger charge is 2.17. The largest absolute Gasteiger partial charge is 0.478 e.